The molecule has 3 aromatic rings. The van der Waals surface area contributed by atoms with E-state index in [-0.39, 0.29) is 5.91 Å². The monoisotopic (exact) mass is 375 g/mol. The fraction of sp³-hybridized carbons (Fsp3) is 0.150. The van der Waals surface area contributed by atoms with Crippen LogP contribution in [-0.4, -0.2) is 22.6 Å². The average molecular weight is 375 g/mol. The molecule has 0 bridgehead atoms. The van der Waals surface area contributed by atoms with E-state index in [0.717, 1.165) is 16.8 Å². The van der Waals surface area contributed by atoms with Gasteiger partial charge in [-0.15, -0.1) is 11.3 Å². The number of benzene rings is 2. The molecular weight excluding hydrogens is 358 g/mol. The molecule has 1 amide bonds. The number of carbonyl (C=O) groups is 1. The number of aryl methyl sites for hydroxylation is 1. The van der Waals surface area contributed by atoms with E-state index < -0.39 is 6.04 Å². The number of amides is 1. The van der Waals surface area contributed by atoms with Crippen LogP contribution in [0.2, 0.25) is 0 Å². The van der Waals surface area contributed by atoms with Gasteiger partial charge in [-0.2, -0.15) is 20.3 Å². The molecule has 2 heterocycles. The summed E-state index contributed by atoms with van der Waals surface area (Å²) < 4.78 is 0. The number of aromatic nitrogens is 1. The van der Waals surface area contributed by atoms with E-state index in [9.17, 15) is 4.79 Å². The molecule has 1 aliphatic heterocycles. The van der Waals surface area contributed by atoms with E-state index in [1.165, 1.54) is 16.3 Å². The van der Waals surface area contributed by atoms with Crippen molar-refractivity contribution in [3.8, 4) is 11.3 Å². The van der Waals surface area contributed by atoms with Gasteiger partial charge in [0.1, 0.15) is 0 Å². The molecule has 0 aliphatic carbocycles. The lowest BCUT2D eigenvalue weighted by atomic mass is 10.2. The maximum atomic E-state index is 12.8. The van der Waals surface area contributed by atoms with Gasteiger partial charge in [-0.05, 0) is 26.0 Å². The van der Waals surface area contributed by atoms with Gasteiger partial charge in [0.05, 0.1) is 17.1 Å². The number of hydrogen-bond donors (Lipinski definition) is 0. The summed E-state index contributed by atoms with van der Waals surface area (Å²) >= 11 is 1.38. The number of rotatable bonds is 4. The highest BCUT2D eigenvalue weighted by atomic mass is 32.1. The van der Waals surface area contributed by atoms with Crippen molar-refractivity contribution in [2.24, 2.45) is 15.3 Å². The first-order chi connectivity index (χ1) is 13.1. The van der Waals surface area contributed by atoms with E-state index in [1.54, 1.807) is 6.92 Å². The van der Waals surface area contributed by atoms with Crippen LogP contribution in [0, 0.1) is 6.92 Å². The lowest BCUT2D eigenvalue weighted by Crippen LogP contribution is -2.29. The van der Waals surface area contributed by atoms with Crippen molar-refractivity contribution in [1.29, 1.82) is 0 Å². The SMILES string of the molecule is CC1=NN(c2nc(-c3ccccc3)cs2)C(=O)[C@H]1N=Nc1ccc(C)cc1. The van der Waals surface area contributed by atoms with E-state index in [0.29, 0.717) is 16.5 Å². The summed E-state index contributed by atoms with van der Waals surface area (Å²) in [5.41, 5.74) is 4.28. The molecule has 0 unspecified atom stereocenters. The third kappa shape index (κ3) is 3.54. The van der Waals surface area contributed by atoms with Crippen molar-refractivity contribution >= 4 is 33.8 Å². The van der Waals surface area contributed by atoms with Crippen LogP contribution in [0.4, 0.5) is 10.8 Å². The molecule has 7 heteroatoms. The first-order valence-electron chi connectivity index (χ1n) is 8.49. The molecule has 1 aliphatic rings. The molecule has 0 saturated carbocycles. The van der Waals surface area contributed by atoms with E-state index in [4.69, 9.17) is 0 Å². The first-order valence-corrected chi connectivity index (χ1v) is 9.37. The van der Waals surface area contributed by atoms with Crippen LogP contribution >= 0.6 is 11.3 Å². The number of thiazole rings is 1. The summed E-state index contributed by atoms with van der Waals surface area (Å²) in [6, 6.07) is 16.8. The van der Waals surface area contributed by atoms with Crippen LogP contribution in [0.15, 0.2) is 75.3 Å². The van der Waals surface area contributed by atoms with Crippen LogP contribution in [0.25, 0.3) is 11.3 Å². The van der Waals surface area contributed by atoms with E-state index >= 15 is 0 Å². The summed E-state index contributed by atoms with van der Waals surface area (Å²) in [4.78, 5) is 17.3. The van der Waals surface area contributed by atoms with Crippen LogP contribution in [0.1, 0.15) is 12.5 Å². The first kappa shape index (κ1) is 17.2. The van der Waals surface area contributed by atoms with Crippen LogP contribution < -0.4 is 5.01 Å². The molecule has 4 rings (SSSR count). The maximum absolute atomic E-state index is 12.8. The number of carbonyl (C=O) groups excluding carboxylic acids is 1. The highest BCUT2D eigenvalue weighted by molar-refractivity contribution is 7.14. The van der Waals surface area contributed by atoms with Gasteiger partial charge < -0.3 is 0 Å². The number of anilines is 1. The minimum absolute atomic E-state index is 0.239. The molecule has 0 spiro atoms. The summed E-state index contributed by atoms with van der Waals surface area (Å²) in [7, 11) is 0. The van der Waals surface area contributed by atoms with E-state index in [2.05, 4.69) is 20.3 Å². The number of hydrogen-bond acceptors (Lipinski definition) is 6. The largest absolute Gasteiger partial charge is 0.282 e. The lowest BCUT2D eigenvalue weighted by molar-refractivity contribution is -0.117. The van der Waals surface area contributed by atoms with Crippen molar-refractivity contribution in [1.82, 2.24) is 4.98 Å². The molecule has 0 N–H and O–H groups in total. The predicted octanol–water partition coefficient (Wildman–Crippen LogP) is 4.99. The summed E-state index contributed by atoms with van der Waals surface area (Å²) in [6.45, 7) is 3.79. The molecule has 0 radical (unpaired) electrons. The molecule has 1 atom stereocenters. The minimum Gasteiger partial charge on any atom is -0.269 e. The Bertz CT molecular complexity index is 1020. The second-order valence-corrected chi connectivity index (χ2v) is 7.06. The highest BCUT2D eigenvalue weighted by Crippen LogP contribution is 2.30. The van der Waals surface area contributed by atoms with Gasteiger partial charge >= 0.3 is 0 Å². The molecular formula is C20H17N5OS. The molecule has 6 nitrogen and oxygen atoms in total. The fourth-order valence-corrected chi connectivity index (χ4v) is 3.45. The van der Waals surface area contributed by atoms with E-state index in [1.807, 2.05) is 66.9 Å². The molecule has 27 heavy (non-hydrogen) atoms. The lowest BCUT2D eigenvalue weighted by Gasteiger charge is -2.08. The zero-order valence-electron chi connectivity index (χ0n) is 14.9. The molecule has 2 aromatic carbocycles. The Balaban J connectivity index is 1.54. The van der Waals surface area contributed by atoms with Gasteiger partial charge in [-0.1, -0.05) is 48.0 Å². The second-order valence-electron chi connectivity index (χ2n) is 6.23. The number of azo groups is 1. The smallest absolute Gasteiger partial charge is 0.269 e. The van der Waals surface area contributed by atoms with Gasteiger partial charge in [0.15, 0.2) is 6.04 Å². The quantitative estimate of drug-likeness (QED) is 0.603. The zero-order chi connectivity index (χ0) is 18.8. The molecule has 0 saturated heterocycles. The van der Waals surface area contributed by atoms with Crippen molar-refractivity contribution in [2.75, 3.05) is 5.01 Å². The Morgan fingerprint density at radius 1 is 1.04 bits per heavy atom. The van der Waals surface area contributed by atoms with Crippen LogP contribution in [0.3, 0.4) is 0 Å². The predicted molar refractivity (Wildman–Crippen MR) is 108 cm³/mol. The third-order valence-corrected chi connectivity index (χ3v) is 4.98. The minimum atomic E-state index is -0.713. The van der Waals surface area contributed by atoms with Gasteiger partial charge in [0.25, 0.3) is 5.91 Å². The van der Waals surface area contributed by atoms with Crippen molar-refractivity contribution < 1.29 is 4.79 Å². The number of hydrazone groups is 1. The van der Waals surface area contributed by atoms with Gasteiger partial charge in [-0.3, -0.25) is 4.79 Å². The molecule has 1 aromatic heterocycles. The number of nitrogens with zero attached hydrogens (tertiary/aromatic N) is 5. The molecule has 134 valence electrons. The molecule has 0 fully saturated rings. The standard InChI is InChI=1S/C20H17N5OS/c1-13-8-10-16(11-9-13)22-23-18-14(2)24-25(19(18)26)20-21-17(12-27-20)15-6-4-3-5-7-15/h3-12,18H,1-2H3/t18-/m0/s1. The Hall–Kier alpha value is -3.19. The van der Waals surface area contributed by atoms with Crippen LogP contribution in [0.5, 0.6) is 0 Å². The second kappa shape index (κ2) is 7.20. The van der Waals surface area contributed by atoms with Gasteiger partial charge in [0.2, 0.25) is 5.13 Å². The van der Waals surface area contributed by atoms with Crippen molar-refractivity contribution in [3.05, 3.63) is 65.5 Å². The third-order valence-electron chi connectivity index (χ3n) is 4.16. The fourth-order valence-electron chi connectivity index (χ4n) is 2.67. The summed E-state index contributed by atoms with van der Waals surface area (Å²) in [5.74, 6) is -0.239. The highest BCUT2D eigenvalue weighted by Gasteiger charge is 2.36. The summed E-state index contributed by atoms with van der Waals surface area (Å²) in [6.07, 6.45) is 0. The summed E-state index contributed by atoms with van der Waals surface area (Å²) in [5, 5.41) is 16.5. The Kier molecular flexibility index (Phi) is 4.60. The normalized spacial score (nSPS) is 17.0. The Morgan fingerprint density at radius 3 is 2.52 bits per heavy atom. The topological polar surface area (TPSA) is 70.3 Å². The van der Waals surface area contributed by atoms with Gasteiger partial charge in [0, 0.05) is 10.9 Å². The van der Waals surface area contributed by atoms with Crippen molar-refractivity contribution in [3.63, 3.8) is 0 Å². The average Bonchev–Trinajstić information content (AvgIpc) is 3.27. The van der Waals surface area contributed by atoms with Gasteiger partial charge in [-0.25, -0.2) is 4.98 Å². The van der Waals surface area contributed by atoms with Crippen LogP contribution in [-0.2, 0) is 4.79 Å². The Morgan fingerprint density at radius 2 is 1.78 bits per heavy atom. The maximum Gasteiger partial charge on any atom is 0.282 e. The Labute approximate surface area is 160 Å². The van der Waals surface area contributed by atoms with Crippen molar-refractivity contribution in [2.45, 2.75) is 19.9 Å². The zero-order valence-corrected chi connectivity index (χ0v) is 15.7.